The SMILES string of the molecule is Cc1cc(O)c2nc(Oc3cc(C4=N[C@H]5c6ccccc6CC[C@@H]5O4)c4oc5ccccc5c4c3)ccc2c1. The van der Waals surface area contributed by atoms with Crippen LogP contribution in [-0.2, 0) is 11.2 Å². The van der Waals surface area contributed by atoms with E-state index < -0.39 is 0 Å². The van der Waals surface area contributed by atoms with Crippen molar-refractivity contribution < 1.29 is 19.0 Å². The normalized spacial score (nSPS) is 18.1. The molecule has 3 heterocycles. The lowest BCUT2D eigenvalue weighted by Crippen LogP contribution is -2.23. The van der Waals surface area contributed by atoms with Crippen LogP contribution in [0.4, 0.5) is 0 Å². The van der Waals surface area contributed by atoms with E-state index in [1.807, 2.05) is 61.5 Å². The number of hydrogen-bond acceptors (Lipinski definition) is 6. The molecule has 6 nitrogen and oxygen atoms in total. The highest BCUT2D eigenvalue weighted by atomic mass is 16.5. The summed E-state index contributed by atoms with van der Waals surface area (Å²) in [7, 11) is 0. The predicted molar refractivity (Wildman–Crippen MR) is 151 cm³/mol. The number of benzene rings is 4. The number of aromatic hydroxyl groups is 1. The lowest BCUT2D eigenvalue weighted by atomic mass is 9.86. The number of furan rings is 1. The maximum atomic E-state index is 10.5. The van der Waals surface area contributed by atoms with Gasteiger partial charge in [0.25, 0.3) is 0 Å². The second-order valence-electron chi connectivity index (χ2n) is 10.3. The van der Waals surface area contributed by atoms with E-state index in [9.17, 15) is 5.11 Å². The van der Waals surface area contributed by atoms with Gasteiger partial charge in [0.15, 0.2) is 0 Å². The molecule has 0 radical (unpaired) electrons. The zero-order valence-electron chi connectivity index (χ0n) is 21.2. The first kappa shape index (κ1) is 22.2. The third-order valence-electron chi connectivity index (χ3n) is 7.74. The number of para-hydroxylation sites is 1. The molecule has 0 amide bonds. The quantitative estimate of drug-likeness (QED) is 0.262. The van der Waals surface area contributed by atoms with E-state index in [1.165, 1.54) is 11.1 Å². The Labute approximate surface area is 224 Å². The molecule has 1 aliphatic carbocycles. The van der Waals surface area contributed by atoms with Gasteiger partial charge in [0, 0.05) is 22.2 Å². The van der Waals surface area contributed by atoms with Crippen molar-refractivity contribution in [3.63, 3.8) is 0 Å². The van der Waals surface area contributed by atoms with Gasteiger partial charge in [0.2, 0.25) is 11.8 Å². The number of aryl methyl sites for hydroxylation is 2. The first-order valence-electron chi connectivity index (χ1n) is 13.2. The molecule has 0 unspecified atom stereocenters. The largest absolute Gasteiger partial charge is 0.506 e. The molecule has 39 heavy (non-hydrogen) atoms. The van der Waals surface area contributed by atoms with Crippen LogP contribution < -0.4 is 4.74 Å². The number of hydrogen-bond donors (Lipinski definition) is 1. The molecular weight excluding hydrogens is 488 g/mol. The van der Waals surface area contributed by atoms with Crippen molar-refractivity contribution in [2.75, 3.05) is 0 Å². The van der Waals surface area contributed by atoms with E-state index in [2.05, 4.69) is 29.2 Å². The first-order chi connectivity index (χ1) is 19.1. The van der Waals surface area contributed by atoms with E-state index in [0.717, 1.165) is 45.7 Å². The van der Waals surface area contributed by atoms with Gasteiger partial charge in [-0.2, -0.15) is 0 Å². The summed E-state index contributed by atoms with van der Waals surface area (Å²) in [5, 5.41) is 13.2. The van der Waals surface area contributed by atoms with E-state index in [-0.39, 0.29) is 17.9 Å². The molecule has 8 rings (SSSR count). The number of pyridine rings is 1. The lowest BCUT2D eigenvalue weighted by Gasteiger charge is -2.25. The van der Waals surface area contributed by atoms with E-state index in [0.29, 0.717) is 28.6 Å². The molecule has 0 fully saturated rings. The molecule has 0 saturated heterocycles. The Balaban J connectivity index is 1.27. The van der Waals surface area contributed by atoms with Crippen molar-refractivity contribution in [2.45, 2.75) is 31.9 Å². The fraction of sp³-hybridized carbons (Fsp3) is 0.152. The summed E-state index contributed by atoms with van der Waals surface area (Å²) >= 11 is 0. The molecule has 1 aliphatic heterocycles. The molecule has 6 heteroatoms. The van der Waals surface area contributed by atoms with Crippen LogP contribution in [0, 0.1) is 6.92 Å². The molecule has 0 bridgehead atoms. The summed E-state index contributed by atoms with van der Waals surface area (Å²) in [6.45, 7) is 1.94. The number of phenolic OH excluding ortho intramolecular Hbond substituents is 1. The van der Waals surface area contributed by atoms with Crippen molar-refractivity contribution in [3.8, 4) is 17.4 Å². The van der Waals surface area contributed by atoms with Crippen molar-refractivity contribution in [2.24, 2.45) is 4.99 Å². The maximum Gasteiger partial charge on any atom is 0.221 e. The van der Waals surface area contributed by atoms with Gasteiger partial charge in [-0.05, 0) is 72.9 Å². The van der Waals surface area contributed by atoms with Crippen LogP contribution in [-0.4, -0.2) is 22.1 Å². The Morgan fingerprint density at radius 1 is 0.923 bits per heavy atom. The average molecular weight is 513 g/mol. The summed E-state index contributed by atoms with van der Waals surface area (Å²) in [4.78, 5) is 9.68. The Morgan fingerprint density at radius 2 is 1.79 bits per heavy atom. The van der Waals surface area contributed by atoms with Gasteiger partial charge in [-0.1, -0.05) is 42.5 Å². The Morgan fingerprint density at radius 3 is 2.74 bits per heavy atom. The Kier molecular flexibility index (Phi) is 4.74. The van der Waals surface area contributed by atoms with Crippen molar-refractivity contribution in [1.82, 2.24) is 4.98 Å². The molecule has 190 valence electrons. The molecule has 0 spiro atoms. The number of aromatic nitrogens is 1. The highest BCUT2D eigenvalue weighted by Crippen LogP contribution is 2.42. The standard InChI is InChI=1S/C33H24N2O4/c1-18-14-20-11-13-29(34-30(20)26(36)15-18)37-21-16-24-23-8-4-5-9-27(23)38-32(24)25(17-21)33-35-31-22-7-3-2-6-19(22)10-12-28(31)39-33/h2-9,11,13-17,28,31,36H,10,12H2,1H3/t28-,31-/m0/s1. The number of aliphatic imine (C=N–C) groups is 1. The molecule has 0 saturated carbocycles. The zero-order valence-corrected chi connectivity index (χ0v) is 21.2. The van der Waals surface area contributed by atoms with Crippen LogP contribution in [0.1, 0.15) is 34.7 Å². The highest BCUT2D eigenvalue weighted by Gasteiger charge is 2.38. The minimum Gasteiger partial charge on any atom is -0.506 e. The topological polar surface area (TPSA) is 77.1 Å². The fourth-order valence-electron chi connectivity index (χ4n) is 5.96. The second-order valence-corrected chi connectivity index (χ2v) is 10.3. The van der Waals surface area contributed by atoms with Gasteiger partial charge in [0.05, 0.1) is 5.56 Å². The van der Waals surface area contributed by atoms with Gasteiger partial charge in [-0.15, -0.1) is 0 Å². The summed E-state index contributed by atoms with van der Waals surface area (Å²) in [5.74, 6) is 1.67. The third-order valence-corrected chi connectivity index (χ3v) is 7.74. The summed E-state index contributed by atoms with van der Waals surface area (Å²) in [6, 6.07) is 27.7. The zero-order chi connectivity index (χ0) is 26.1. The van der Waals surface area contributed by atoms with E-state index >= 15 is 0 Å². The van der Waals surface area contributed by atoms with Crippen LogP contribution >= 0.6 is 0 Å². The molecular formula is C33H24N2O4. The molecule has 2 aliphatic rings. The van der Waals surface area contributed by atoms with Crippen LogP contribution in [0.3, 0.4) is 0 Å². The maximum absolute atomic E-state index is 10.5. The minimum atomic E-state index is -0.0393. The van der Waals surface area contributed by atoms with Crippen molar-refractivity contribution in [3.05, 3.63) is 107 Å². The van der Waals surface area contributed by atoms with Gasteiger partial charge < -0.3 is 19.0 Å². The van der Waals surface area contributed by atoms with Gasteiger partial charge in [-0.25, -0.2) is 9.98 Å². The number of rotatable bonds is 3. The summed E-state index contributed by atoms with van der Waals surface area (Å²) in [5.41, 5.74) is 6.29. The van der Waals surface area contributed by atoms with Crippen LogP contribution in [0.5, 0.6) is 17.4 Å². The average Bonchev–Trinajstić information content (AvgIpc) is 3.55. The van der Waals surface area contributed by atoms with E-state index in [4.69, 9.17) is 18.9 Å². The number of nitrogens with zero attached hydrogens (tertiary/aromatic N) is 2. The van der Waals surface area contributed by atoms with Crippen LogP contribution in [0.2, 0.25) is 0 Å². The molecule has 2 aromatic heterocycles. The predicted octanol–water partition coefficient (Wildman–Crippen LogP) is 7.77. The summed E-state index contributed by atoms with van der Waals surface area (Å²) < 4.78 is 19.1. The molecule has 1 N–H and O–H groups in total. The highest BCUT2D eigenvalue weighted by molar-refractivity contribution is 6.14. The minimum absolute atomic E-state index is 0.00695. The summed E-state index contributed by atoms with van der Waals surface area (Å²) in [6.07, 6.45) is 1.88. The number of phenols is 1. The van der Waals surface area contributed by atoms with Crippen LogP contribution in [0.25, 0.3) is 32.8 Å². The monoisotopic (exact) mass is 512 g/mol. The molecule has 6 aromatic rings. The van der Waals surface area contributed by atoms with Crippen molar-refractivity contribution >= 4 is 38.7 Å². The smallest absolute Gasteiger partial charge is 0.221 e. The lowest BCUT2D eigenvalue weighted by molar-refractivity contribution is 0.175. The number of fused-ring (bicyclic) bond motifs is 7. The van der Waals surface area contributed by atoms with Crippen LogP contribution in [0.15, 0.2) is 94.3 Å². The fourth-order valence-corrected chi connectivity index (χ4v) is 5.96. The van der Waals surface area contributed by atoms with E-state index in [1.54, 1.807) is 6.07 Å². The Hall–Kier alpha value is -4.84. The number of ether oxygens (including phenoxy) is 2. The second kappa shape index (κ2) is 8.33. The van der Waals surface area contributed by atoms with Gasteiger partial charge in [-0.3, -0.25) is 0 Å². The Bertz CT molecular complexity index is 1970. The van der Waals surface area contributed by atoms with Crippen molar-refractivity contribution in [1.29, 1.82) is 0 Å². The first-order valence-corrected chi connectivity index (χ1v) is 13.2. The van der Waals surface area contributed by atoms with Gasteiger partial charge in [0.1, 0.15) is 40.3 Å². The molecule has 4 aromatic carbocycles. The molecule has 2 atom stereocenters. The van der Waals surface area contributed by atoms with Gasteiger partial charge >= 0.3 is 0 Å². The third kappa shape index (κ3) is 3.56.